The van der Waals surface area contributed by atoms with Crippen LogP contribution >= 0.6 is 0 Å². The molecule has 0 aliphatic heterocycles. The van der Waals surface area contributed by atoms with Crippen molar-refractivity contribution in [2.24, 2.45) is 5.41 Å². The lowest BCUT2D eigenvalue weighted by atomic mass is 9.95. The predicted octanol–water partition coefficient (Wildman–Crippen LogP) is 2.85. The molecule has 2 rings (SSSR count). The van der Waals surface area contributed by atoms with E-state index in [1.807, 2.05) is 20.8 Å². The van der Waals surface area contributed by atoms with Crippen LogP contribution in [-0.4, -0.2) is 22.0 Å². The number of carboxylic acid groups (broad SMARTS) is 1. The molecule has 2 aromatic rings. The molecule has 0 spiro atoms. The Balaban J connectivity index is 2.31. The molecule has 19 heavy (non-hydrogen) atoms. The summed E-state index contributed by atoms with van der Waals surface area (Å²) < 4.78 is 0. The van der Waals surface area contributed by atoms with Gasteiger partial charge in [-0.25, -0.2) is 4.79 Å². The van der Waals surface area contributed by atoms with Crippen LogP contribution < -0.4 is 5.32 Å². The predicted molar refractivity (Wildman–Crippen MR) is 73.3 cm³/mol. The number of aromatic nitrogens is 1. The fraction of sp³-hybridized carbons (Fsp3) is 0.286. The molecule has 1 heterocycles. The standard InChI is InChI=1S/C14H16N2O3/c1-14(2,3)13(19)15-9-5-4-8-6-11(12(17)18)16-10(8)7-9/h4-7,16H,1-3H3,(H,15,19)(H,17,18). The molecule has 5 nitrogen and oxygen atoms in total. The molecule has 0 saturated carbocycles. The van der Waals surface area contributed by atoms with E-state index in [0.29, 0.717) is 11.2 Å². The van der Waals surface area contributed by atoms with E-state index in [1.54, 1.807) is 24.3 Å². The van der Waals surface area contributed by atoms with E-state index in [9.17, 15) is 9.59 Å². The number of anilines is 1. The van der Waals surface area contributed by atoms with Crippen LogP contribution in [0.15, 0.2) is 24.3 Å². The van der Waals surface area contributed by atoms with Crippen molar-refractivity contribution in [3.8, 4) is 0 Å². The summed E-state index contributed by atoms with van der Waals surface area (Å²) in [5, 5.41) is 12.5. The third kappa shape index (κ3) is 2.76. The number of fused-ring (bicyclic) bond motifs is 1. The summed E-state index contributed by atoms with van der Waals surface area (Å²) in [5.74, 6) is -1.09. The minimum Gasteiger partial charge on any atom is -0.477 e. The Labute approximate surface area is 110 Å². The van der Waals surface area contributed by atoms with Crippen LogP contribution in [0.5, 0.6) is 0 Å². The van der Waals surface area contributed by atoms with Gasteiger partial charge in [0.05, 0.1) is 0 Å². The first-order valence-electron chi connectivity index (χ1n) is 5.95. The number of benzene rings is 1. The van der Waals surface area contributed by atoms with Crippen molar-refractivity contribution >= 4 is 28.5 Å². The zero-order chi connectivity index (χ0) is 14.2. The van der Waals surface area contributed by atoms with Gasteiger partial charge in [-0.05, 0) is 18.2 Å². The highest BCUT2D eigenvalue weighted by atomic mass is 16.4. The van der Waals surface area contributed by atoms with E-state index >= 15 is 0 Å². The zero-order valence-corrected chi connectivity index (χ0v) is 11.1. The van der Waals surface area contributed by atoms with E-state index < -0.39 is 11.4 Å². The fourth-order valence-electron chi connectivity index (χ4n) is 1.64. The summed E-state index contributed by atoms with van der Waals surface area (Å²) >= 11 is 0. The third-order valence-corrected chi connectivity index (χ3v) is 2.79. The van der Waals surface area contributed by atoms with Gasteiger partial charge in [-0.1, -0.05) is 26.8 Å². The Morgan fingerprint density at radius 3 is 2.47 bits per heavy atom. The highest BCUT2D eigenvalue weighted by molar-refractivity contribution is 5.98. The number of amides is 1. The summed E-state index contributed by atoms with van der Waals surface area (Å²) in [6.45, 7) is 5.49. The molecule has 1 aromatic carbocycles. The summed E-state index contributed by atoms with van der Waals surface area (Å²) in [6.07, 6.45) is 0. The van der Waals surface area contributed by atoms with Gasteiger partial charge in [0, 0.05) is 22.0 Å². The van der Waals surface area contributed by atoms with Gasteiger partial charge in [-0.3, -0.25) is 4.79 Å². The van der Waals surface area contributed by atoms with E-state index in [-0.39, 0.29) is 11.6 Å². The number of rotatable bonds is 2. The molecule has 5 heteroatoms. The molecule has 0 aliphatic rings. The van der Waals surface area contributed by atoms with Crippen LogP contribution in [0, 0.1) is 5.41 Å². The zero-order valence-electron chi connectivity index (χ0n) is 11.1. The van der Waals surface area contributed by atoms with E-state index in [1.165, 1.54) is 0 Å². The number of aromatic amines is 1. The summed E-state index contributed by atoms with van der Waals surface area (Å²) in [6, 6.07) is 6.82. The Hall–Kier alpha value is -2.30. The Bertz CT molecular complexity index is 650. The molecular formula is C14H16N2O3. The first-order chi connectivity index (χ1) is 8.77. The number of carbonyl (C=O) groups is 2. The molecule has 0 bridgehead atoms. The van der Waals surface area contributed by atoms with E-state index in [4.69, 9.17) is 5.11 Å². The number of H-pyrrole nitrogens is 1. The number of hydrogen-bond acceptors (Lipinski definition) is 2. The summed E-state index contributed by atoms with van der Waals surface area (Å²) in [7, 11) is 0. The van der Waals surface area contributed by atoms with E-state index in [0.717, 1.165) is 5.39 Å². The van der Waals surface area contributed by atoms with Gasteiger partial charge in [0.25, 0.3) is 0 Å². The molecule has 0 atom stereocenters. The van der Waals surface area contributed by atoms with Crippen molar-refractivity contribution in [1.82, 2.24) is 4.98 Å². The molecule has 0 radical (unpaired) electrons. The molecule has 0 aliphatic carbocycles. The monoisotopic (exact) mass is 260 g/mol. The lowest BCUT2D eigenvalue weighted by Gasteiger charge is -2.17. The van der Waals surface area contributed by atoms with Crippen molar-refractivity contribution < 1.29 is 14.7 Å². The Morgan fingerprint density at radius 2 is 1.89 bits per heavy atom. The number of nitrogens with one attached hydrogen (secondary N) is 2. The maximum Gasteiger partial charge on any atom is 0.352 e. The first kappa shape index (κ1) is 13.1. The quantitative estimate of drug-likeness (QED) is 0.776. The Kier molecular flexibility index (Phi) is 3.06. The van der Waals surface area contributed by atoms with Crippen molar-refractivity contribution in [3.63, 3.8) is 0 Å². The average molecular weight is 260 g/mol. The highest BCUT2D eigenvalue weighted by Crippen LogP contribution is 2.22. The van der Waals surface area contributed by atoms with Gasteiger partial charge in [0.15, 0.2) is 0 Å². The van der Waals surface area contributed by atoms with Crippen molar-refractivity contribution in [3.05, 3.63) is 30.0 Å². The minimum absolute atomic E-state index is 0.0862. The van der Waals surface area contributed by atoms with Crippen molar-refractivity contribution in [1.29, 1.82) is 0 Å². The second-order valence-electron chi connectivity index (χ2n) is 5.49. The van der Waals surface area contributed by atoms with Crippen LogP contribution in [0.4, 0.5) is 5.69 Å². The molecule has 0 unspecified atom stereocenters. The molecule has 0 fully saturated rings. The average Bonchev–Trinajstić information content (AvgIpc) is 2.70. The first-order valence-corrected chi connectivity index (χ1v) is 5.95. The molecule has 1 amide bonds. The molecule has 3 N–H and O–H groups in total. The van der Waals surface area contributed by atoms with Crippen LogP contribution in [0.25, 0.3) is 10.9 Å². The third-order valence-electron chi connectivity index (χ3n) is 2.79. The summed E-state index contributed by atoms with van der Waals surface area (Å²) in [5.41, 5.74) is 0.987. The maximum absolute atomic E-state index is 11.9. The van der Waals surface area contributed by atoms with Gasteiger partial charge in [-0.2, -0.15) is 0 Å². The van der Waals surface area contributed by atoms with Crippen LogP contribution in [0.1, 0.15) is 31.3 Å². The smallest absolute Gasteiger partial charge is 0.352 e. The van der Waals surface area contributed by atoms with Crippen LogP contribution in [0.2, 0.25) is 0 Å². The lowest BCUT2D eigenvalue weighted by molar-refractivity contribution is -0.123. The number of carbonyl (C=O) groups excluding carboxylic acids is 1. The van der Waals surface area contributed by atoms with Gasteiger partial charge in [0.1, 0.15) is 5.69 Å². The van der Waals surface area contributed by atoms with Crippen LogP contribution in [0.3, 0.4) is 0 Å². The molecule has 100 valence electrons. The second kappa shape index (κ2) is 4.42. The highest BCUT2D eigenvalue weighted by Gasteiger charge is 2.21. The number of aromatic carboxylic acids is 1. The summed E-state index contributed by atoms with van der Waals surface area (Å²) in [4.78, 5) is 25.5. The van der Waals surface area contributed by atoms with Gasteiger partial charge < -0.3 is 15.4 Å². The van der Waals surface area contributed by atoms with Crippen molar-refractivity contribution in [2.45, 2.75) is 20.8 Å². The van der Waals surface area contributed by atoms with Gasteiger partial charge in [0.2, 0.25) is 5.91 Å². The lowest BCUT2D eigenvalue weighted by Crippen LogP contribution is -2.27. The number of hydrogen-bond donors (Lipinski definition) is 3. The minimum atomic E-state index is -1.00. The second-order valence-corrected chi connectivity index (χ2v) is 5.49. The van der Waals surface area contributed by atoms with Gasteiger partial charge >= 0.3 is 5.97 Å². The number of carboxylic acids is 1. The van der Waals surface area contributed by atoms with Crippen LogP contribution in [-0.2, 0) is 4.79 Å². The fourth-order valence-corrected chi connectivity index (χ4v) is 1.64. The SMILES string of the molecule is CC(C)(C)C(=O)Nc1ccc2cc(C(=O)O)[nH]c2c1. The largest absolute Gasteiger partial charge is 0.477 e. The van der Waals surface area contributed by atoms with Crippen molar-refractivity contribution in [2.75, 3.05) is 5.32 Å². The Morgan fingerprint density at radius 1 is 1.21 bits per heavy atom. The normalized spacial score (nSPS) is 11.5. The molecule has 0 saturated heterocycles. The molecular weight excluding hydrogens is 244 g/mol. The topological polar surface area (TPSA) is 82.2 Å². The maximum atomic E-state index is 11.9. The van der Waals surface area contributed by atoms with E-state index in [2.05, 4.69) is 10.3 Å². The van der Waals surface area contributed by atoms with Gasteiger partial charge in [-0.15, -0.1) is 0 Å². The molecule has 1 aromatic heterocycles.